The number of hydrogen-bond acceptors (Lipinski definition) is 10. The van der Waals surface area contributed by atoms with E-state index in [2.05, 4.69) is 87.5 Å². The van der Waals surface area contributed by atoms with Crippen molar-refractivity contribution in [2.24, 2.45) is 11.8 Å². The maximum absolute atomic E-state index is 13.7. The molecule has 2 saturated heterocycles. The third-order valence-corrected chi connectivity index (χ3v) is 15.6. The van der Waals surface area contributed by atoms with Gasteiger partial charge in [0.05, 0.1) is 38.4 Å². The van der Waals surface area contributed by atoms with Gasteiger partial charge in [-0.2, -0.15) is 13.2 Å². The molecule has 13 heteroatoms. The van der Waals surface area contributed by atoms with Crippen molar-refractivity contribution in [2.75, 3.05) is 39.6 Å². The minimum absolute atomic E-state index is 0.0327. The average molecular weight is 989 g/mol. The number of benzene rings is 7. The Hall–Kier alpha value is -5.03. The van der Waals surface area contributed by atoms with Crippen LogP contribution in [0.1, 0.15) is 68.7 Å². The molecule has 0 bridgehead atoms. The van der Waals surface area contributed by atoms with Crippen LogP contribution < -0.4 is 0 Å². The molecule has 2 fully saturated rings. The van der Waals surface area contributed by atoms with E-state index in [-0.39, 0.29) is 50.2 Å². The minimum Gasteiger partial charge on any atom is -0.396 e. The van der Waals surface area contributed by atoms with E-state index in [0.717, 1.165) is 44.2 Å². The zero-order valence-electron chi connectivity index (χ0n) is 40.7. The van der Waals surface area contributed by atoms with Gasteiger partial charge in [-0.1, -0.05) is 118 Å². The predicted molar refractivity (Wildman–Crippen MR) is 271 cm³/mol. The number of halogens is 3. The highest BCUT2D eigenvalue weighted by Crippen LogP contribution is 2.54. The molecule has 380 valence electrons. The topological polar surface area (TPSA) is 158 Å². The molecule has 1 aliphatic carbocycles. The van der Waals surface area contributed by atoms with Crippen molar-refractivity contribution >= 4 is 32.3 Å². The third kappa shape index (κ3) is 9.54. The van der Waals surface area contributed by atoms with E-state index in [1.807, 2.05) is 18.2 Å². The van der Waals surface area contributed by atoms with Gasteiger partial charge in [-0.15, -0.1) is 0 Å². The molecule has 9 atom stereocenters. The first-order valence-electron chi connectivity index (χ1n) is 25.0. The Kier molecular flexibility index (Phi) is 14.0. The summed E-state index contributed by atoms with van der Waals surface area (Å²) < 4.78 is 66.3. The first-order valence-corrected chi connectivity index (χ1v) is 25.0. The molecule has 72 heavy (non-hydrogen) atoms. The molecule has 2 aliphatic heterocycles. The number of alkyl halides is 3. The lowest BCUT2D eigenvalue weighted by Crippen LogP contribution is -2.49. The monoisotopic (exact) mass is 988 g/mol. The lowest BCUT2D eigenvalue weighted by molar-refractivity contribution is -0.253. The zero-order valence-corrected chi connectivity index (χ0v) is 40.7. The summed E-state index contributed by atoms with van der Waals surface area (Å²) in [6.45, 7) is 5.29. The van der Waals surface area contributed by atoms with Crippen LogP contribution in [0.5, 0.6) is 0 Å². The molecule has 3 aliphatic rings. The highest BCUT2D eigenvalue weighted by molar-refractivity contribution is 6.25. The van der Waals surface area contributed by atoms with Gasteiger partial charge >= 0.3 is 6.18 Å². The van der Waals surface area contributed by atoms with Crippen molar-refractivity contribution < 1.29 is 62.8 Å². The van der Waals surface area contributed by atoms with Gasteiger partial charge < -0.3 is 49.6 Å². The van der Waals surface area contributed by atoms with Gasteiger partial charge in [-0.3, -0.25) is 0 Å². The minimum atomic E-state index is -4.39. The molecule has 10 rings (SSSR count). The van der Waals surface area contributed by atoms with Crippen molar-refractivity contribution in [3.8, 4) is 33.4 Å². The first-order chi connectivity index (χ1) is 34.5. The van der Waals surface area contributed by atoms with E-state index in [1.165, 1.54) is 33.2 Å². The van der Waals surface area contributed by atoms with Gasteiger partial charge in [0.1, 0.15) is 12.2 Å². The van der Waals surface area contributed by atoms with Crippen LogP contribution in [0.15, 0.2) is 109 Å². The maximum atomic E-state index is 13.7. The Labute approximate surface area is 416 Å². The number of aliphatic hydroxyl groups is 6. The quantitative estimate of drug-likeness (QED) is 0.0432. The fraction of sp³-hybridized carbons (Fsp3) is 0.424. The Balaban J connectivity index is 1.10. The number of fused-ring (bicyclic) bond motifs is 3. The molecule has 7 aromatic rings. The van der Waals surface area contributed by atoms with Gasteiger partial charge in [0, 0.05) is 49.9 Å². The van der Waals surface area contributed by atoms with Gasteiger partial charge in [-0.05, 0) is 118 Å². The maximum Gasteiger partial charge on any atom is 0.393 e. The molecule has 6 N–H and O–H groups in total. The van der Waals surface area contributed by atoms with Crippen LogP contribution >= 0.6 is 0 Å². The standard InChI is InChI=1S/C59H63F3O10/c1-57(2,3)42-21-38-9-8-34-10-14-43(46-17-13-39(22-42)53(38)54(34)46)37-12-16-45-44-15-11-36(35-7-4-6-33(20-35)27-59(60,61)62)23-47(44)58(48(45)24-37,32-70-52-26-41(29-64)56(68)50(31-66)72-52)18-5-19-69-51-25-40(28-63)55(67)49(30-65)71-51/h4,6-17,20-24,40-41,49-52,55-56,63-68H,5,18-19,25-32H2,1-3H3. The zero-order chi connectivity index (χ0) is 50.7. The van der Waals surface area contributed by atoms with E-state index in [1.54, 1.807) is 18.2 Å². The van der Waals surface area contributed by atoms with Crippen LogP contribution in [-0.4, -0.2) is 113 Å². The lowest BCUT2D eigenvalue weighted by atomic mass is 9.74. The van der Waals surface area contributed by atoms with Gasteiger partial charge in [0.25, 0.3) is 0 Å². The smallest absolute Gasteiger partial charge is 0.393 e. The summed E-state index contributed by atoms with van der Waals surface area (Å²) in [5.41, 5.74) is 7.43. The van der Waals surface area contributed by atoms with E-state index < -0.39 is 80.1 Å². The molecule has 2 heterocycles. The average Bonchev–Trinajstić information content (AvgIpc) is 3.63. The van der Waals surface area contributed by atoms with Crippen molar-refractivity contribution in [3.05, 3.63) is 131 Å². The van der Waals surface area contributed by atoms with Crippen molar-refractivity contribution in [1.29, 1.82) is 0 Å². The highest BCUT2D eigenvalue weighted by Gasteiger charge is 2.46. The molecule has 10 nitrogen and oxygen atoms in total. The molecule has 0 radical (unpaired) electrons. The second-order valence-electron chi connectivity index (χ2n) is 21.2. The molecule has 0 aromatic heterocycles. The van der Waals surface area contributed by atoms with Crippen LogP contribution in [0, 0.1) is 11.8 Å². The van der Waals surface area contributed by atoms with Crippen LogP contribution in [0.2, 0.25) is 0 Å². The van der Waals surface area contributed by atoms with Crippen LogP contribution in [0.3, 0.4) is 0 Å². The second kappa shape index (κ2) is 20.0. The van der Waals surface area contributed by atoms with E-state index in [9.17, 15) is 43.8 Å². The van der Waals surface area contributed by atoms with Crippen LogP contribution in [0.25, 0.3) is 65.7 Å². The first kappa shape index (κ1) is 50.5. The molecule has 0 spiro atoms. The summed E-state index contributed by atoms with van der Waals surface area (Å²) in [7, 11) is 0. The SMILES string of the molecule is CC(C)(C)c1cc2ccc3ccc(-c4ccc5c(c4)C(CCCOC4CC(CO)C(O)C(CO)O4)(COC4CC(CO)C(O)C(CO)O4)c4cc(-c6cccc(CC(F)(F)F)c6)ccc4-5)c4ccc(c1)c2c34. The third-order valence-electron chi connectivity index (χ3n) is 15.6. The summed E-state index contributed by atoms with van der Waals surface area (Å²) >= 11 is 0. The number of ether oxygens (including phenoxy) is 4. The summed E-state index contributed by atoms with van der Waals surface area (Å²) in [6.07, 6.45) is -10.0. The van der Waals surface area contributed by atoms with Crippen LogP contribution in [0.4, 0.5) is 13.2 Å². The molecular formula is C59H63F3O10. The van der Waals surface area contributed by atoms with Gasteiger partial charge in [0.15, 0.2) is 12.6 Å². The fourth-order valence-corrected chi connectivity index (χ4v) is 11.7. The molecule has 0 saturated carbocycles. The molecule has 0 amide bonds. The number of aliphatic hydroxyl groups excluding tert-OH is 6. The summed E-state index contributed by atoms with van der Waals surface area (Å²) in [6, 6.07) is 36.7. The van der Waals surface area contributed by atoms with Crippen molar-refractivity contribution in [2.45, 2.75) is 107 Å². The Morgan fingerprint density at radius 1 is 0.597 bits per heavy atom. The highest BCUT2D eigenvalue weighted by atomic mass is 19.4. The number of rotatable bonds is 15. The van der Waals surface area contributed by atoms with Gasteiger partial charge in [0.2, 0.25) is 0 Å². The Morgan fingerprint density at radius 3 is 1.76 bits per heavy atom. The second-order valence-corrected chi connectivity index (χ2v) is 21.2. The summed E-state index contributed by atoms with van der Waals surface area (Å²) in [5, 5.41) is 69.1. The number of hydrogen-bond donors (Lipinski definition) is 6. The lowest BCUT2D eigenvalue weighted by Gasteiger charge is -2.40. The van der Waals surface area contributed by atoms with E-state index in [0.29, 0.717) is 24.0 Å². The molecule has 7 aromatic carbocycles. The predicted octanol–water partition coefficient (Wildman–Crippen LogP) is 9.55. The Morgan fingerprint density at radius 2 is 1.15 bits per heavy atom. The fourth-order valence-electron chi connectivity index (χ4n) is 11.7. The Bertz CT molecular complexity index is 3010. The van der Waals surface area contributed by atoms with Crippen LogP contribution in [-0.2, 0) is 36.2 Å². The summed E-state index contributed by atoms with van der Waals surface area (Å²) in [4.78, 5) is 0. The van der Waals surface area contributed by atoms with Crippen molar-refractivity contribution in [1.82, 2.24) is 0 Å². The normalized spacial score (nSPS) is 25.7. The van der Waals surface area contributed by atoms with Gasteiger partial charge in [-0.25, -0.2) is 0 Å². The van der Waals surface area contributed by atoms with E-state index in [4.69, 9.17) is 18.9 Å². The van der Waals surface area contributed by atoms with E-state index >= 15 is 0 Å². The molecule has 9 unspecified atom stereocenters. The largest absolute Gasteiger partial charge is 0.396 e. The molecular weight excluding hydrogens is 926 g/mol. The van der Waals surface area contributed by atoms with Crippen molar-refractivity contribution in [3.63, 3.8) is 0 Å². The summed E-state index contributed by atoms with van der Waals surface area (Å²) in [5.74, 6) is -1.18.